The maximum absolute atomic E-state index is 2.45. The SMILES string of the molecule is c1ccc(-c2cc(N(c3ccccc3)c3ccccc3-c3ccccc3)c3cc(N(c4ccccc4)c4ccccc4-c4ccccc4)c(-c4ccccc4)cc3c2)cc1. The lowest BCUT2D eigenvalue weighted by Crippen LogP contribution is -2.14. The van der Waals surface area contributed by atoms with Gasteiger partial charge in [0.25, 0.3) is 0 Å². The largest absolute Gasteiger partial charge is 0.309 e. The quantitative estimate of drug-likeness (QED) is 0.137. The number of anilines is 6. The first-order valence-electron chi connectivity index (χ1n) is 20.5. The van der Waals surface area contributed by atoms with Crippen LogP contribution < -0.4 is 9.80 Å². The molecule has 10 rings (SSSR count). The summed E-state index contributed by atoms with van der Waals surface area (Å²) in [6.07, 6.45) is 0. The van der Waals surface area contributed by atoms with Gasteiger partial charge in [-0.05, 0) is 93.9 Å². The van der Waals surface area contributed by atoms with E-state index < -0.39 is 0 Å². The maximum Gasteiger partial charge on any atom is 0.0547 e. The van der Waals surface area contributed by atoms with Gasteiger partial charge in [-0.25, -0.2) is 0 Å². The molecular weight excluding hydrogens is 725 g/mol. The molecule has 0 spiro atoms. The molecule has 0 N–H and O–H groups in total. The highest BCUT2D eigenvalue weighted by molar-refractivity contribution is 6.09. The van der Waals surface area contributed by atoms with Crippen molar-refractivity contribution >= 4 is 44.9 Å². The van der Waals surface area contributed by atoms with E-state index in [1.54, 1.807) is 0 Å². The third kappa shape index (κ3) is 7.12. The van der Waals surface area contributed by atoms with Crippen LogP contribution in [0.2, 0.25) is 0 Å². The highest BCUT2D eigenvalue weighted by atomic mass is 15.2. The van der Waals surface area contributed by atoms with Gasteiger partial charge in [-0.1, -0.05) is 194 Å². The van der Waals surface area contributed by atoms with Crippen LogP contribution in [0, 0.1) is 0 Å². The Bertz CT molecular complexity index is 3000. The van der Waals surface area contributed by atoms with Gasteiger partial charge in [0, 0.05) is 33.5 Å². The fraction of sp³-hybridized carbons (Fsp3) is 0. The molecule has 10 aromatic carbocycles. The third-order valence-corrected chi connectivity index (χ3v) is 11.2. The van der Waals surface area contributed by atoms with Crippen molar-refractivity contribution in [3.8, 4) is 44.5 Å². The van der Waals surface area contributed by atoms with Crippen LogP contribution in [0.3, 0.4) is 0 Å². The van der Waals surface area contributed by atoms with Crippen LogP contribution in [0.1, 0.15) is 0 Å². The highest BCUT2D eigenvalue weighted by Crippen LogP contribution is 2.50. The van der Waals surface area contributed by atoms with Gasteiger partial charge in [0.1, 0.15) is 0 Å². The van der Waals surface area contributed by atoms with E-state index in [4.69, 9.17) is 0 Å². The fourth-order valence-electron chi connectivity index (χ4n) is 8.43. The van der Waals surface area contributed by atoms with Crippen LogP contribution in [0.5, 0.6) is 0 Å². The summed E-state index contributed by atoms with van der Waals surface area (Å²) in [6.45, 7) is 0. The van der Waals surface area contributed by atoms with Gasteiger partial charge >= 0.3 is 0 Å². The molecule has 0 heterocycles. The number of para-hydroxylation sites is 4. The second-order valence-electron chi connectivity index (χ2n) is 14.9. The standard InChI is InChI=1S/C58H42N2/c1-7-23-43(24-8-1)47-39-48-40-53(46-29-13-4-14-30-46)58(60(50-33-17-6-18-34-50)56-38-22-20-36-52(56)45-27-11-3-12-28-45)42-54(48)57(41-47)59(49-31-15-5-16-32-49)55-37-21-19-35-51(55)44-25-9-2-10-26-44/h1-42H. The van der Waals surface area contributed by atoms with E-state index in [0.29, 0.717) is 0 Å². The number of nitrogens with zero attached hydrogens (tertiary/aromatic N) is 2. The molecular formula is C58H42N2. The molecule has 0 radical (unpaired) electrons. The Hall–Kier alpha value is -7.94. The van der Waals surface area contributed by atoms with Crippen molar-refractivity contribution in [3.05, 3.63) is 255 Å². The predicted molar refractivity (Wildman–Crippen MR) is 255 cm³/mol. The summed E-state index contributed by atoms with van der Waals surface area (Å²) in [5.74, 6) is 0. The van der Waals surface area contributed by atoms with E-state index in [9.17, 15) is 0 Å². The summed E-state index contributed by atoms with van der Waals surface area (Å²) in [6, 6.07) is 91.7. The van der Waals surface area contributed by atoms with Crippen molar-refractivity contribution in [1.82, 2.24) is 0 Å². The molecule has 0 amide bonds. The number of hydrogen-bond donors (Lipinski definition) is 0. The predicted octanol–water partition coefficient (Wildman–Crippen LogP) is 16.4. The Morgan fingerprint density at radius 1 is 0.217 bits per heavy atom. The molecule has 10 aromatic rings. The van der Waals surface area contributed by atoms with Crippen molar-refractivity contribution in [3.63, 3.8) is 0 Å². The lowest BCUT2D eigenvalue weighted by molar-refractivity contribution is 1.28. The summed E-state index contributed by atoms with van der Waals surface area (Å²) < 4.78 is 0. The zero-order chi connectivity index (χ0) is 40.1. The normalized spacial score (nSPS) is 11.0. The minimum atomic E-state index is 1.08. The highest BCUT2D eigenvalue weighted by Gasteiger charge is 2.25. The molecule has 0 saturated heterocycles. The maximum atomic E-state index is 2.45. The van der Waals surface area contributed by atoms with Crippen LogP contribution in [0.15, 0.2) is 255 Å². The van der Waals surface area contributed by atoms with Gasteiger partial charge < -0.3 is 9.80 Å². The van der Waals surface area contributed by atoms with Gasteiger partial charge in [-0.3, -0.25) is 0 Å². The molecule has 0 aliphatic rings. The molecule has 60 heavy (non-hydrogen) atoms. The second kappa shape index (κ2) is 16.5. The van der Waals surface area contributed by atoms with Gasteiger partial charge in [0.15, 0.2) is 0 Å². The minimum Gasteiger partial charge on any atom is -0.309 e. The zero-order valence-electron chi connectivity index (χ0n) is 33.1. The molecule has 0 fully saturated rings. The summed E-state index contributed by atoms with van der Waals surface area (Å²) in [5.41, 5.74) is 15.8. The molecule has 0 atom stereocenters. The average molecular weight is 767 g/mol. The van der Waals surface area contributed by atoms with Crippen LogP contribution in [0.4, 0.5) is 34.1 Å². The molecule has 2 nitrogen and oxygen atoms in total. The smallest absolute Gasteiger partial charge is 0.0547 e. The Morgan fingerprint density at radius 3 is 1.05 bits per heavy atom. The van der Waals surface area contributed by atoms with E-state index in [0.717, 1.165) is 89.4 Å². The van der Waals surface area contributed by atoms with E-state index in [1.807, 2.05) is 0 Å². The van der Waals surface area contributed by atoms with Crippen LogP contribution in [0.25, 0.3) is 55.3 Å². The second-order valence-corrected chi connectivity index (χ2v) is 14.9. The minimum absolute atomic E-state index is 1.08. The van der Waals surface area contributed by atoms with E-state index in [1.165, 1.54) is 0 Å². The van der Waals surface area contributed by atoms with E-state index in [-0.39, 0.29) is 0 Å². The van der Waals surface area contributed by atoms with E-state index >= 15 is 0 Å². The van der Waals surface area contributed by atoms with Crippen molar-refractivity contribution in [2.45, 2.75) is 0 Å². The Kier molecular flexibility index (Phi) is 10.0. The third-order valence-electron chi connectivity index (χ3n) is 11.2. The zero-order valence-corrected chi connectivity index (χ0v) is 33.1. The lowest BCUT2D eigenvalue weighted by atomic mass is 9.92. The lowest BCUT2D eigenvalue weighted by Gasteiger charge is -2.32. The summed E-state index contributed by atoms with van der Waals surface area (Å²) in [4.78, 5) is 4.90. The Labute approximate surface area is 352 Å². The first-order chi connectivity index (χ1) is 29.8. The number of fused-ring (bicyclic) bond motifs is 1. The number of rotatable bonds is 10. The molecule has 0 unspecified atom stereocenters. The molecule has 0 saturated carbocycles. The average Bonchev–Trinajstić information content (AvgIpc) is 3.33. The summed E-state index contributed by atoms with van der Waals surface area (Å²) in [7, 11) is 0. The van der Waals surface area contributed by atoms with E-state index in [2.05, 4.69) is 265 Å². The topological polar surface area (TPSA) is 6.48 Å². The summed E-state index contributed by atoms with van der Waals surface area (Å²) in [5, 5.41) is 2.28. The molecule has 0 bridgehead atoms. The fourth-order valence-corrected chi connectivity index (χ4v) is 8.43. The van der Waals surface area contributed by atoms with Crippen LogP contribution in [-0.2, 0) is 0 Å². The Morgan fingerprint density at radius 2 is 0.583 bits per heavy atom. The van der Waals surface area contributed by atoms with Crippen molar-refractivity contribution < 1.29 is 0 Å². The molecule has 0 aliphatic heterocycles. The van der Waals surface area contributed by atoms with Gasteiger partial charge in [0.05, 0.1) is 22.7 Å². The number of benzene rings is 10. The van der Waals surface area contributed by atoms with Gasteiger partial charge in [-0.2, -0.15) is 0 Å². The molecule has 0 aliphatic carbocycles. The van der Waals surface area contributed by atoms with Crippen molar-refractivity contribution in [2.24, 2.45) is 0 Å². The van der Waals surface area contributed by atoms with Crippen LogP contribution >= 0.6 is 0 Å². The van der Waals surface area contributed by atoms with Crippen LogP contribution in [-0.4, -0.2) is 0 Å². The first kappa shape index (κ1) is 36.4. The molecule has 284 valence electrons. The van der Waals surface area contributed by atoms with Gasteiger partial charge in [-0.15, -0.1) is 0 Å². The van der Waals surface area contributed by atoms with Crippen molar-refractivity contribution in [2.75, 3.05) is 9.80 Å². The summed E-state index contributed by atoms with van der Waals surface area (Å²) >= 11 is 0. The molecule has 2 heteroatoms. The monoisotopic (exact) mass is 766 g/mol. The molecule has 0 aromatic heterocycles. The van der Waals surface area contributed by atoms with Crippen molar-refractivity contribution in [1.29, 1.82) is 0 Å². The Balaban J connectivity index is 1.33. The van der Waals surface area contributed by atoms with Gasteiger partial charge in [0.2, 0.25) is 0 Å². The first-order valence-corrected chi connectivity index (χ1v) is 20.5. The number of hydrogen-bond acceptors (Lipinski definition) is 2.